The highest BCUT2D eigenvalue weighted by molar-refractivity contribution is 9.10. The van der Waals surface area contributed by atoms with E-state index in [0.717, 1.165) is 24.1 Å². The number of rotatable bonds is 6. The molecule has 0 spiro atoms. The van der Waals surface area contributed by atoms with Crippen LogP contribution < -0.4 is 21.3 Å². The summed E-state index contributed by atoms with van der Waals surface area (Å²) in [4.78, 5) is 35.4. The Labute approximate surface area is 207 Å². The number of carbonyl (C=O) groups is 2. The van der Waals surface area contributed by atoms with Gasteiger partial charge in [-0.3, -0.25) is 4.79 Å². The molecule has 1 saturated heterocycles. The highest BCUT2D eigenvalue weighted by atomic mass is 79.9. The molecule has 3 rings (SSSR count). The quantitative estimate of drug-likeness (QED) is 0.510. The number of nitrogens with two attached hydrogens (primary N) is 1. The monoisotopic (exact) mass is 534 g/mol. The number of nitrogens with one attached hydrogen (secondary N) is 2. The van der Waals surface area contributed by atoms with Crippen molar-refractivity contribution < 1.29 is 19.1 Å². The summed E-state index contributed by atoms with van der Waals surface area (Å²) in [6, 6.07) is 5.83. The minimum absolute atomic E-state index is 0.0219. The van der Waals surface area contributed by atoms with E-state index in [1.54, 1.807) is 7.11 Å². The van der Waals surface area contributed by atoms with Crippen LogP contribution in [0.3, 0.4) is 0 Å². The molecule has 1 aliphatic heterocycles. The van der Waals surface area contributed by atoms with Crippen molar-refractivity contribution in [3.05, 3.63) is 40.3 Å². The van der Waals surface area contributed by atoms with E-state index >= 15 is 0 Å². The Bertz CT molecular complexity index is 1030. The number of amides is 2. The van der Waals surface area contributed by atoms with Crippen LogP contribution in [-0.4, -0.2) is 53.8 Å². The molecule has 4 N–H and O–H groups in total. The SMILES string of the molecule is COCc1ccc(N2CCC(NC(=O)OC(C)(C)C)CC2)c(NC(=O)c2nc(Br)cnc2N)c1. The average molecular weight is 535 g/mol. The molecule has 0 atom stereocenters. The molecule has 2 amide bonds. The van der Waals surface area contributed by atoms with Crippen molar-refractivity contribution in [1.82, 2.24) is 15.3 Å². The number of anilines is 3. The Balaban J connectivity index is 1.74. The summed E-state index contributed by atoms with van der Waals surface area (Å²) in [5.41, 5.74) is 7.77. The van der Waals surface area contributed by atoms with Gasteiger partial charge in [-0.1, -0.05) is 6.07 Å². The van der Waals surface area contributed by atoms with E-state index in [4.69, 9.17) is 15.2 Å². The smallest absolute Gasteiger partial charge is 0.407 e. The van der Waals surface area contributed by atoms with Gasteiger partial charge in [0, 0.05) is 26.2 Å². The number of piperidine rings is 1. The molecule has 0 unspecified atom stereocenters. The van der Waals surface area contributed by atoms with Crippen molar-refractivity contribution in [1.29, 1.82) is 0 Å². The number of nitrogens with zero attached hydrogens (tertiary/aromatic N) is 3. The molecule has 2 heterocycles. The molecule has 0 aliphatic carbocycles. The summed E-state index contributed by atoms with van der Waals surface area (Å²) in [7, 11) is 1.62. The Morgan fingerprint density at radius 1 is 1.26 bits per heavy atom. The lowest BCUT2D eigenvalue weighted by Gasteiger charge is -2.35. The molecule has 1 aromatic heterocycles. The molecule has 1 aromatic carbocycles. The van der Waals surface area contributed by atoms with Crippen LogP contribution >= 0.6 is 15.9 Å². The zero-order valence-corrected chi connectivity index (χ0v) is 21.4. The van der Waals surface area contributed by atoms with Crippen LogP contribution in [0.15, 0.2) is 29.0 Å². The molecule has 184 valence electrons. The van der Waals surface area contributed by atoms with Gasteiger partial charge in [0.05, 0.1) is 24.2 Å². The van der Waals surface area contributed by atoms with Gasteiger partial charge in [-0.2, -0.15) is 0 Å². The summed E-state index contributed by atoms with van der Waals surface area (Å²) in [6.45, 7) is 7.32. The minimum atomic E-state index is -0.538. The maximum atomic E-state index is 13.0. The van der Waals surface area contributed by atoms with Crippen molar-refractivity contribution >= 4 is 45.1 Å². The van der Waals surface area contributed by atoms with Crippen LogP contribution in [0, 0.1) is 0 Å². The third kappa shape index (κ3) is 7.04. The summed E-state index contributed by atoms with van der Waals surface area (Å²) < 4.78 is 11.0. The van der Waals surface area contributed by atoms with Gasteiger partial charge in [0.1, 0.15) is 10.2 Å². The van der Waals surface area contributed by atoms with Crippen LogP contribution in [-0.2, 0) is 16.1 Å². The van der Waals surface area contributed by atoms with Crippen molar-refractivity contribution in [2.75, 3.05) is 36.1 Å². The Kier molecular flexibility index (Phi) is 8.32. The minimum Gasteiger partial charge on any atom is -0.444 e. The molecular formula is C23H31BrN6O4. The van der Waals surface area contributed by atoms with E-state index in [9.17, 15) is 9.59 Å². The van der Waals surface area contributed by atoms with Crippen LogP contribution in [0.25, 0.3) is 0 Å². The largest absolute Gasteiger partial charge is 0.444 e. The van der Waals surface area contributed by atoms with Gasteiger partial charge in [0.2, 0.25) is 0 Å². The Morgan fingerprint density at radius 2 is 1.97 bits per heavy atom. The Hall–Kier alpha value is -2.92. The van der Waals surface area contributed by atoms with Crippen molar-refractivity contribution in [3.8, 4) is 0 Å². The second kappa shape index (κ2) is 11.0. The number of alkyl carbamates (subject to hydrolysis) is 1. The van der Waals surface area contributed by atoms with Crippen LogP contribution in [0.2, 0.25) is 0 Å². The van der Waals surface area contributed by atoms with Crippen molar-refractivity contribution in [3.63, 3.8) is 0 Å². The zero-order chi connectivity index (χ0) is 24.9. The molecular weight excluding hydrogens is 504 g/mol. The summed E-state index contributed by atoms with van der Waals surface area (Å²) in [5, 5.41) is 5.88. The molecule has 11 heteroatoms. The number of benzene rings is 1. The van der Waals surface area contributed by atoms with Gasteiger partial charge in [0.15, 0.2) is 11.5 Å². The first-order chi connectivity index (χ1) is 16.1. The van der Waals surface area contributed by atoms with E-state index in [1.807, 2.05) is 39.0 Å². The predicted octanol–water partition coefficient (Wildman–Crippen LogP) is 3.71. The summed E-state index contributed by atoms with van der Waals surface area (Å²) in [5.74, 6) is -0.409. The number of hydrogen-bond acceptors (Lipinski definition) is 8. The lowest BCUT2D eigenvalue weighted by atomic mass is 10.0. The maximum Gasteiger partial charge on any atom is 0.407 e. The van der Waals surface area contributed by atoms with Crippen molar-refractivity contribution in [2.45, 2.75) is 51.9 Å². The van der Waals surface area contributed by atoms with E-state index in [0.29, 0.717) is 30.0 Å². The first-order valence-electron chi connectivity index (χ1n) is 11.0. The highest BCUT2D eigenvalue weighted by Crippen LogP contribution is 2.31. The lowest BCUT2D eigenvalue weighted by Crippen LogP contribution is -2.46. The first-order valence-corrected chi connectivity index (χ1v) is 11.8. The molecule has 0 saturated carbocycles. The fraction of sp³-hybridized carbons (Fsp3) is 0.478. The van der Waals surface area contributed by atoms with E-state index < -0.39 is 17.6 Å². The first kappa shape index (κ1) is 25.7. The number of hydrogen-bond donors (Lipinski definition) is 3. The number of aromatic nitrogens is 2. The number of halogens is 1. The second-order valence-corrected chi connectivity index (χ2v) is 9.89. The fourth-order valence-corrected chi connectivity index (χ4v) is 3.96. The highest BCUT2D eigenvalue weighted by Gasteiger charge is 2.25. The van der Waals surface area contributed by atoms with Gasteiger partial charge in [0.25, 0.3) is 5.91 Å². The fourth-order valence-electron chi connectivity index (χ4n) is 3.68. The molecule has 1 fully saturated rings. The molecule has 1 aliphatic rings. The van der Waals surface area contributed by atoms with Crippen LogP contribution in [0.1, 0.15) is 49.7 Å². The molecule has 0 radical (unpaired) electrons. The standard InChI is InChI=1S/C23H31BrN6O4/c1-23(2,3)34-22(32)27-15-7-9-30(10-8-15)17-6-5-14(13-33-4)11-16(17)28-21(31)19-20(25)26-12-18(24)29-19/h5-6,11-12,15H,7-10,13H2,1-4H3,(H2,25,26)(H,27,32)(H,28,31). The predicted molar refractivity (Wildman–Crippen MR) is 134 cm³/mol. The molecule has 0 bridgehead atoms. The normalized spacial score (nSPS) is 14.6. The third-order valence-corrected chi connectivity index (χ3v) is 5.55. The van der Waals surface area contributed by atoms with Crippen LogP contribution in [0.4, 0.5) is 22.0 Å². The van der Waals surface area contributed by atoms with E-state index in [2.05, 4.69) is 41.4 Å². The zero-order valence-electron chi connectivity index (χ0n) is 19.9. The number of methoxy groups -OCH3 is 1. The van der Waals surface area contributed by atoms with Gasteiger partial charge >= 0.3 is 6.09 Å². The number of ether oxygens (including phenoxy) is 2. The van der Waals surface area contributed by atoms with Gasteiger partial charge in [-0.15, -0.1) is 0 Å². The maximum absolute atomic E-state index is 13.0. The van der Waals surface area contributed by atoms with Crippen molar-refractivity contribution in [2.24, 2.45) is 0 Å². The summed E-state index contributed by atoms with van der Waals surface area (Å²) >= 11 is 3.22. The molecule has 2 aromatic rings. The molecule has 10 nitrogen and oxygen atoms in total. The van der Waals surface area contributed by atoms with Gasteiger partial charge < -0.3 is 30.7 Å². The van der Waals surface area contributed by atoms with E-state index in [1.165, 1.54) is 6.20 Å². The lowest BCUT2D eigenvalue weighted by molar-refractivity contribution is 0.0497. The van der Waals surface area contributed by atoms with Gasteiger partial charge in [-0.05, 0) is 67.2 Å². The van der Waals surface area contributed by atoms with Gasteiger partial charge in [-0.25, -0.2) is 14.8 Å². The Morgan fingerprint density at radius 3 is 2.62 bits per heavy atom. The van der Waals surface area contributed by atoms with Crippen LogP contribution in [0.5, 0.6) is 0 Å². The number of carbonyl (C=O) groups excluding carboxylic acids is 2. The number of nitrogen functional groups attached to an aromatic ring is 1. The third-order valence-electron chi connectivity index (χ3n) is 5.16. The second-order valence-electron chi connectivity index (χ2n) is 9.07. The topological polar surface area (TPSA) is 132 Å². The molecule has 34 heavy (non-hydrogen) atoms. The van der Waals surface area contributed by atoms with E-state index in [-0.39, 0.29) is 17.6 Å². The summed E-state index contributed by atoms with van der Waals surface area (Å²) in [6.07, 6.45) is 2.52. The average Bonchev–Trinajstić information content (AvgIpc) is 2.75.